The number of halogens is 1. The van der Waals surface area contributed by atoms with Gasteiger partial charge in [0.1, 0.15) is 5.75 Å². The van der Waals surface area contributed by atoms with Gasteiger partial charge in [0.2, 0.25) is 5.91 Å². The summed E-state index contributed by atoms with van der Waals surface area (Å²) in [5.74, 6) is 0.0860. The van der Waals surface area contributed by atoms with Gasteiger partial charge in [0, 0.05) is 16.2 Å². The Morgan fingerprint density at radius 2 is 1.73 bits per heavy atom. The Labute approximate surface area is 158 Å². The molecule has 0 saturated carbocycles. The first-order valence-corrected chi connectivity index (χ1v) is 8.60. The molecular weight excluding hydrogens is 352 g/mol. The van der Waals surface area contributed by atoms with Crippen LogP contribution in [0.15, 0.2) is 42.5 Å². The zero-order valence-corrected chi connectivity index (χ0v) is 16.1. The highest BCUT2D eigenvalue weighted by Crippen LogP contribution is 2.24. The van der Waals surface area contributed by atoms with Crippen LogP contribution in [0.25, 0.3) is 0 Å². The minimum atomic E-state index is -0.317. The number of hydrogen-bond donors (Lipinski definition) is 2. The summed E-state index contributed by atoms with van der Waals surface area (Å²) in [5, 5.41) is 6.17. The topological polar surface area (TPSA) is 67.4 Å². The monoisotopic (exact) mass is 374 g/mol. The maximum absolute atomic E-state index is 12.5. The van der Waals surface area contributed by atoms with Gasteiger partial charge in [-0.1, -0.05) is 23.7 Å². The average Bonchev–Trinajstić information content (AvgIpc) is 2.54. The SMILES string of the molecule is COc1ccc(Cl)cc1C(=O)Nc1ccc(CC(=O)NC(C)(C)C)cc1. The molecule has 0 unspecified atom stereocenters. The molecular formula is C20H23ClN2O3. The van der Waals surface area contributed by atoms with Crippen molar-refractivity contribution in [2.45, 2.75) is 32.7 Å². The summed E-state index contributed by atoms with van der Waals surface area (Å²) in [4.78, 5) is 24.4. The minimum Gasteiger partial charge on any atom is -0.496 e. The van der Waals surface area contributed by atoms with Crippen molar-refractivity contribution in [3.8, 4) is 5.75 Å². The molecule has 0 saturated heterocycles. The van der Waals surface area contributed by atoms with E-state index in [1.165, 1.54) is 7.11 Å². The maximum Gasteiger partial charge on any atom is 0.259 e. The van der Waals surface area contributed by atoms with Crippen molar-refractivity contribution in [1.82, 2.24) is 5.32 Å². The van der Waals surface area contributed by atoms with Crippen LogP contribution >= 0.6 is 11.6 Å². The van der Waals surface area contributed by atoms with Gasteiger partial charge in [0.05, 0.1) is 19.1 Å². The quantitative estimate of drug-likeness (QED) is 0.829. The van der Waals surface area contributed by atoms with Crippen molar-refractivity contribution >= 4 is 29.1 Å². The molecule has 0 atom stereocenters. The Morgan fingerprint density at radius 1 is 1.08 bits per heavy atom. The molecule has 0 heterocycles. The van der Waals surface area contributed by atoms with Crippen LogP contribution in [0.3, 0.4) is 0 Å². The van der Waals surface area contributed by atoms with Crippen LogP contribution in [-0.2, 0) is 11.2 Å². The smallest absolute Gasteiger partial charge is 0.259 e. The first kappa shape index (κ1) is 19.8. The zero-order chi connectivity index (χ0) is 19.3. The molecule has 0 spiro atoms. The normalized spacial score (nSPS) is 11.0. The zero-order valence-electron chi connectivity index (χ0n) is 15.4. The van der Waals surface area contributed by atoms with Gasteiger partial charge >= 0.3 is 0 Å². The lowest BCUT2D eigenvalue weighted by atomic mass is 10.1. The number of methoxy groups -OCH3 is 1. The largest absolute Gasteiger partial charge is 0.496 e. The van der Waals surface area contributed by atoms with Gasteiger partial charge in [-0.3, -0.25) is 9.59 Å². The van der Waals surface area contributed by atoms with Crippen molar-refractivity contribution in [1.29, 1.82) is 0 Å². The van der Waals surface area contributed by atoms with E-state index in [9.17, 15) is 9.59 Å². The lowest BCUT2D eigenvalue weighted by Gasteiger charge is -2.20. The molecule has 2 amide bonds. The van der Waals surface area contributed by atoms with Gasteiger partial charge in [0.15, 0.2) is 0 Å². The number of amides is 2. The lowest BCUT2D eigenvalue weighted by Crippen LogP contribution is -2.41. The first-order chi connectivity index (χ1) is 12.2. The Hall–Kier alpha value is -2.53. The summed E-state index contributed by atoms with van der Waals surface area (Å²) < 4.78 is 5.20. The molecule has 0 aliphatic heterocycles. The van der Waals surface area contributed by atoms with Crippen molar-refractivity contribution in [2.24, 2.45) is 0 Å². The second-order valence-electron chi connectivity index (χ2n) is 6.97. The van der Waals surface area contributed by atoms with Gasteiger partial charge in [-0.2, -0.15) is 0 Å². The van der Waals surface area contributed by atoms with E-state index in [1.54, 1.807) is 30.3 Å². The third-order valence-corrected chi connectivity index (χ3v) is 3.73. The second kappa shape index (κ2) is 8.23. The number of benzene rings is 2. The van der Waals surface area contributed by atoms with Crippen LogP contribution in [0.2, 0.25) is 5.02 Å². The van der Waals surface area contributed by atoms with Crippen LogP contribution in [-0.4, -0.2) is 24.5 Å². The number of hydrogen-bond acceptors (Lipinski definition) is 3. The molecule has 5 nitrogen and oxygen atoms in total. The highest BCUT2D eigenvalue weighted by molar-refractivity contribution is 6.31. The molecule has 0 bridgehead atoms. The number of ether oxygens (including phenoxy) is 1. The van der Waals surface area contributed by atoms with Gasteiger partial charge in [-0.05, 0) is 56.7 Å². The minimum absolute atomic E-state index is 0.0436. The summed E-state index contributed by atoms with van der Waals surface area (Å²) in [5.41, 5.74) is 1.58. The summed E-state index contributed by atoms with van der Waals surface area (Å²) in [6, 6.07) is 12.0. The van der Waals surface area contributed by atoms with Gasteiger partial charge in [0.25, 0.3) is 5.91 Å². The predicted octanol–water partition coefficient (Wildman–Crippen LogP) is 4.06. The summed E-state index contributed by atoms with van der Waals surface area (Å²) in [7, 11) is 1.50. The van der Waals surface area contributed by atoms with Crippen molar-refractivity contribution in [3.05, 3.63) is 58.6 Å². The lowest BCUT2D eigenvalue weighted by molar-refractivity contribution is -0.121. The number of carbonyl (C=O) groups excluding carboxylic acids is 2. The molecule has 2 N–H and O–H groups in total. The van der Waals surface area contributed by atoms with Gasteiger partial charge in [-0.15, -0.1) is 0 Å². The highest BCUT2D eigenvalue weighted by atomic mass is 35.5. The molecule has 0 fully saturated rings. The van der Waals surface area contributed by atoms with E-state index in [0.29, 0.717) is 22.0 Å². The van der Waals surface area contributed by atoms with Crippen molar-refractivity contribution < 1.29 is 14.3 Å². The summed E-state index contributed by atoms with van der Waals surface area (Å²) in [6.45, 7) is 5.81. The van der Waals surface area contributed by atoms with E-state index in [4.69, 9.17) is 16.3 Å². The van der Waals surface area contributed by atoms with Crippen molar-refractivity contribution in [2.75, 3.05) is 12.4 Å². The van der Waals surface area contributed by atoms with E-state index in [2.05, 4.69) is 10.6 Å². The Balaban J connectivity index is 2.04. The molecule has 138 valence electrons. The van der Waals surface area contributed by atoms with E-state index in [1.807, 2.05) is 32.9 Å². The fourth-order valence-corrected chi connectivity index (χ4v) is 2.58. The molecule has 0 aromatic heterocycles. The van der Waals surface area contributed by atoms with Crippen LogP contribution in [0, 0.1) is 0 Å². The molecule has 2 aromatic rings. The van der Waals surface area contributed by atoms with E-state index in [0.717, 1.165) is 5.56 Å². The van der Waals surface area contributed by atoms with Gasteiger partial charge in [-0.25, -0.2) is 0 Å². The van der Waals surface area contributed by atoms with E-state index in [-0.39, 0.29) is 23.8 Å². The number of anilines is 1. The highest BCUT2D eigenvalue weighted by Gasteiger charge is 2.15. The Kier molecular flexibility index (Phi) is 6.27. The second-order valence-corrected chi connectivity index (χ2v) is 7.41. The predicted molar refractivity (Wildman–Crippen MR) is 104 cm³/mol. The molecule has 2 rings (SSSR count). The molecule has 26 heavy (non-hydrogen) atoms. The maximum atomic E-state index is 12.5. The molecule has 6 heteroatoms. The number of rotatable bonds is 5. The molecule has 2 aromatic carbocycles. The molecule has 0 radical (unpaired) electrons. The van der Waals surface area contributed by atoms with Crippen LogP contribution < -0.4 is 15.4 Å². The summed E-state index contributed by atoms with van der Waals surface area (Å²) in [6.07, 6.45) is 0.285. The van der Waals surface area contributed by atoms with Crippen LogP contribution in [0.1, 0.15) is 36.7 Å². The Morgan fingerprint density at radius 3 is 2.31 bits per heavy atom. The van der Waals surface area contributed by atoms with E-state index < -0.39 is 0 Å². The molecule has 0 aliphatic carbocycles. The van der Waals surface area contributed by atoms with E-state index >= 15 is 0 Å². The number of carbonyl (C=O) groups is 2. The first-order valence-electron chi connectivity index (χ1n) is 8.23. The van der Waals surface area contributed by atoms with Crippen LogP contribution in [0.4, 0.5) is 5.69 Å². The molecule has 0 aliphatic rings. The Bertz CT molecular complexity index is 796. The van der Waals surface area contributed by atoms with Crippen molar-refractivity contribution in [3.63, 3.8) is 0 Å². The third-order valence-electron chi connectivity index (χ3n) is 3.50. The average molecular weight is 375 g/mol. The van der Waals surface area contributed by atoms with Gasteiger partial charge < -0.3 is 15.4 Å². The fourth-order valence-electron chi connectivity index (χ4n) is 2.41. The standard InChI is InChI=1S/C20H23ClN2O3/c1-20(2,3)23-18(24)11-13-5-8-15(9-6-13)22-19(25)16-12-14(21)7-10-17(16)26-4/h5-10,12H,11H2,1-4H3,(H,22,25)(H,23,24). The number of nitrogens with one attached hydrogen (secondary N) is 2. The third kappa shape index (κ3) is 5.77. The van der Waals surface area contributed by atoms with Crippen LogP contribution in [0.5, 0.6) is 5.75 Å². The summed E-state index contributed by atoms with van der Waals surface area (Å²) >= 11 is 5.96. The fraction of sp³-hybridized carbons (Fsp3) is 0.300.